The molecule has 3 aromatic rings. The molecule has 2 aromatic heterocycles. The van der Waals surface area contributed by atoms with Gasteiger partial charge in [-0.15, -0.1) is 11.3 Å². The highest BCUT2D eigenvalue weighted by atomic mass is 32.1. The Morgan fingerprint density at radius 2 is 2.21 bits per heavy atom. The zero-order valence-electron chi connectivity index (χ0n) is 11.1. The first-order valence-corrected chi connectivity index (χ1v) is 7.15. The van der Waals surface area contributed by atoms with Crippen LogP contribution in [0.4, 0.5) is 5.69 Å². The average molecular weight is 272 g/mol. The second-order valence-corrected chi connectivity index (χ2v) is 5.88. The van der Waals surface area contributed by atoms with E-state index in [2.05, 4.69) is 21.5 Å². The summed E-state index contributed by atoms with van der Waals surface area (Å²) < 4.78 is 2.25. The summed E-state index contributed by atoms with van der Waals surface area (Å²) in [5, 5.41) is 1.10. The van der Waals surface area contributed by atoms with Crippen LogP contribution in [0.25, 0.3) is 11.0 Å². The van der Waals surface area contributed by atoms with Crippen LogP contribution in [0.15, 0.2) is 24.4 Å². The van der Waals surface area contributed by atoms with E-state index in [1.165, 1.54) is 4.88 Å². The van der Waals surface area contributed by atoms with Crippen molar-refractivity contribution in [1.82, 2.24) is 14.5 Å². The SMILES string of the molecule is CCc1nc2cc(N)ccc2n1Cc1cnc(C)s1. The predicted octanol–water partition coefficient (Wildman–Crippen LogP) is 2.99. The number of hydrogen-bond acceptors (Lipinski definition) is 4. The Kier molecular flexibility index (Phi) is 2.98. The minimum Gasteiger partial charge on any atom is -0.399 e. The number of nitrogens with zero attached hydrogens (tertiary/aromatic N) is 3. The molecule has 0 aliphatic carbocycles. The fourth-order valence-electron chi connectivity index (χ4n) is 2.28. The molecule has 19 heavy (non-hydrogen) atoms. The highest BCUT2D eigenvalue weighted by molar-refractivity contribution is 7.11. The number of hydrogen-bond donors (Lipinski definition) is 1. The summed E-state index contributed by atoms with van der Waals surface area (Å²) in [6.45, 7) is 4.98. The zero-order valence-corrected chi connectivity index (χ0v) is 11.9. The molecular formula is C14H16N4S. The van der Waals surface area contributed by atoms with Gasteiger partial charge in [-0.05, 0) is 25.1 Å². The van der Waals surface area contributed by atoms with Gasteiger partial charge in [0, 0.05) is 23.2 Å². The van der Waals surface area contributed by atoms with Gasteiger partial charge in [-0.1, -0.05) is 6.92 Å². The van der Waals surface area contributed by atoms with Crippen LogP contribution in [0.2, 0.25) is 0 Å². The zero-order chi connectivity index (χ0) is 13.4. The summed E-state index contributed by atoms with van der Waals surface area (Å²) >= 11 is 1.73. The van der Waals surface area contributed by atoms with Crippen molar-refractivity contribution in [2.75, 3.05) is 5.73 Å². The summed E-state index contributed by atoms with van der Waals surface area (Å²) in [6.07, 6.45) is 2.86. The van der Waals surface area contributed by atoms with Crippen LogP contribution in [-0.2, 0) is 13.0 Å². The van der Waals surface area contributed by atoms with E-state index in [-0.39, 0.29) is 0 Å². The van der Waals surface area contributed by atoms with Crippen molar-refractivity contribution >= 4 is 28.1 Å². The van der Waals surface area contributed by atoms with Gasteiger partial charge in [0.15, 0.2) is 0 Å². The van der Waals surface area contributed by atoms with Gasteiger partial charge in [-0.25, -0.2) is 9.97 Å². The summed E-state index contributed by atoms with van der Waals surface area (Å²) in [7, 11) is 0. The van der Waals surface area contributed by atoms with Gasteiger partial charge < -0.3 is 10.3 Å². The van der Waals surface area contributed by atoms with Gasteiger partial charge in [0.1, 0.15) is 5.82 Å². The van der Waals surface area contributed by atoms with Crippen LogP contribution >= 0.6 is 11.3 Å². The van der Waals surface area contributed by atoms with E-state index in [1.54, 1.807) is 11.3 Å². The molecule has 98 valence electrons. The fraction of sp³-hybridized carbons (Fsp3) is 0.286. The first kappa shape index (κ1) is 12.2. The minimum atomic E-state index is 0.758. The molecule has 5 heteroatoms. The molecule has 2 N–H and O–H groups in total. The van der Waals surface area contributed by atoms with E-state index in [1.807, 2.05) is 31.3 Å². The third kappa shape index (κ3) is 2.21. The quantitative estimate of drug-likeness (QED) is 0.746. The van der Waals surface area contributed by atoms with Crippen molar-refractivity contribution < 1.29 is 0 Å². The molecular weight excluding hydrogens is 256 g/mol. The number of anilines is 1. The second-order valence-electron chi connectivity index (χ2n) is 4.56. The van der Waals surface area contributed by atoms with Gasteiger partial charge in [-0.2, -0.15) is 0 Å². The molecule has 0 radical (unpaired) electrons. The number of aromatic nitrogens is 3. The molecule has 0 aliphatic heterocycles. The number of thiazole rings is 1. The van der Waals surface area contributed by atoms with Crippen molar-refractivity contribution in [2.24, 2.45) is 0 Å². The molecule has 0 saturated heterocycles. The summed E-state index contributed by atoms with van der Waals surface area (Å²) in [5.41, 5.74) is 8.69. The largest absolute Gasteiger partial charge is 0.399 e. The predicted molar refractivity (Wildman–Crippen MR) is 79.5 cm³/mol. The minimum absolute atomic E-state index is 0.758. The Bertz CT molecular complexity index is 726. The summed E-state index contributed by atoms with van der Waals surface area (Å²) in [4.78, 5) is 10.2. The van der Waals surface area contributed by atoms with E-state index in [0.29, 0.717) is 0 Å². The Morgan fingerprint density at radius 3 is 2.89 bits per heavy atom. The summed E-state index contributed by atoms with van der Waals surface area (Å²) in [6, 6.07) is 5.91. The molecule has 3 rings (SSSR count). The van der Waals surface area contributed by atoms with E-state index in [0.717, 1.165) is 40.5 Å². The van der Waals surface area contributed by atoms with Gasteiger partial charge in [0.25, 0.3) is 0 Å². The van der Waals surface area contributed by atoms with Gasteiger partial charge in [0.05, 0.1) is 22.6 Å². The highest BCUT2D eigenvalue weighted by Gasteiger charge is 2.11. The van der Waals surface area contributed by atoms with Crippen molar-refractivity contribution in [3.05, 3.63) is 40.1 Å². The molecule has 4 nitrogen and oxygen atoms in total. The molecule has 0 aliphatic rings. The lowest BCUT2D eigenvalue weighted by Gasteiger charge is -2.06. The van der Waals surface area contributed by atoms with Crippen molar-refractivity contribution in [2.45, 2.75) is 26.8 Å². The molecule has 0 unspecified atom stereocenters. The van der Waals surface area contributed by atoms with Crippen molar-refractivity contribution in [1.29, 1.82) is 0 Å². The molecule has 0 bridgehead atoms. The summed E-state index contributed by atoms with van der Waals surface area (Å²) in [5.74, 6) is 1.09. The second kappa shape index (κ2) is 4.66. The Hall–Kier alpha value is -1.88. The number of nitrogens with two attached hydrogens (primary N) is 1. The van der Waals surface area contributed by atoms with Crippen LogP contribution in [0.3, 0.4) is 0 Å². The van der Waals surface area contributed by atoms with E-state index in [4.69, 9.17) is 5.73 Å². The maximum Gasteiger partial charge on any atom is 0.109 e. The number of aryl methyl sites for hydroxylation is 2. The monoisotopic (exact) mass is 272 g/mol. The molecule has 0 spiro atoms. The molecule has 0 atom stereocenters. The lowest BCUT2D eigenvalue weighted by Crippen LogP contribution is -2.03. The Labute approximate surface area is 115 Å². The lowest BCUT2D eigenvalue weighted by atomic mass is 10.3. The van der Waals surface area contributed by atoms with Crippen LogP contribution in [0, 0.1) is 6.92 Å². The Balaban J connectivity index is 2.10. The topological polar surface area (TPSA) is 56.7 Å². The maximum absolute atomic E-state index is 5.82. The first-order chi connectivity index (χ1) is 9.17. The third-order valence-corrected chi connectivity index (χ3v) is 4.05. The number of nitrogen functional groups attached to an aromatic ring is 1. The molecule has 1 aromatic carbocycles. The van der Waals surface area contributed by atoms with Crippen molar-refractivity contribution in [3.63, 3.8) is 0 Å². The smallest absolute Gasteiger partial charge is 0.109 e. The van der Waals surface area contributed by atoms with E-state index >= 15 is 0 Å². The van der Waals surface area contributed by atoms with Gasteiger partial charge in [0.2, 0.25) is 0 Å². The highest BCUT2D eigenvalue weighted by Crippen LogP contribution is 2.22. The van der Waals surface area contributed by atoms with Crippen LogP contribution in [0.1, 0.15) is 22.6 Å². The molecule has 0 fully saturated rings. The van der Waals surface area contributed by atoms with Crippen molar-refractivity contribution in [3.8, 4) is 0 Å². The standard InChI is InChI=1S/C14H16N4S/c1-3-14-17-12-6-10(15)4-5-13(12)18(14)8-11-7-16-9(2)19-11/h4-7H,3,8,15H2,1-2H3. The first-order valence-electron chi connectivity index (χ1n) is 6.33. The molecule has 0 saturated carbocycles. The van der Waals surface area contributed by atoms with Crippen LogP contribution < -0.4 is 5.73 Å². The lowest BCUT2D eigenvalue weighted by molar-refractivity contribution is 0.760. The van der Waals surface area contributed by atoms with Gasteiger partial charge >= 0.3 is 0 Å². The maximum atomic E-state index is 5.82. The molecule has 2 heterocycles. The fourth-order valence-corrected chi connectivity index (χ4v) is 3.06. The third-order valence-electron chi connectivity index (χ3n) is 3.15. The number of fused-ring (bicyclic) bond motifs is 1. The normalized spacial score (nSPS) is 11.3. The Morgan fingerprint density at radius 1 is 1.37 bits per heavy atom. The average Bonchev–Trinajstić information content (AvgIpc) is 2.94. The van der Waals surface area contributed by atoms with Gasteiger partial charge in [-0.3, -0.25) is 0 Å². The van der Waals surface area contributed by atoms with E-state index < -0.39 is 0 Å². The van der Waals surface area contributed by atoms with Crippen LogP contribution in [0.5, 0.6) is 0 Å². The number of benzene rings is 1. The number of rotatable bonds is 3. The van der Waals surface area contributed by atoms with E-state index in [9.17, 15) is 0 Å². The molecule has 0 amide bonds. The van der Waals surface area contributed by atoms with Crippen LogP contribution in [-0.4, -0.2) is 14.5 Å². The number of imidazole rings is 1.